The van der Waals surface area contributed by atoms with Gasteiger partial charge in [-0.1, -0.05) is 24.3 Å². The number of aliphatic hydroxyl groups excluding tert-OH is 2. The summed E-state index contributed by atoms with van der Waals surface area (Å²) in [7, 11) is -3.71. The third kappa shape index (κ3) is 4.44. The Bertz CT molecular complexity index is 524. The van der Waals surface area contributed by atoms with Crippen molar-refractivity contribution in [3.63, 3.8) is 0 Å². The van der Waals surface area contributed by atoms with E-state index in [1.54, 1.807) is 0 Å². The van der Waals surface area contributed by atoms with E-state index in [1.165, 1.54) is 0 Å². The Labute approximate surface area is 153 Å². The summed E-state index contributed by atoms with van der Waals surface area (Å²) in [6.07, 6.45) is -2.54. The molecule has 3 atom stereocenters. The third-order valence-corrected chi connectivity index (χ3v) is 4.83. The molecule has 119 valence electrons. The second-order valence-corrected chi connectivity index (χ2v) is 6.66. The van der Waals surface area contributed by atoms with E-state index in [1.807, 2.05) is 24.3 Å². The van der Waals surface area contributed by atoms with Gasteiger partial charge >= 0.3 is 7.82 Å². The van der Waals surface area contributed by atoms with Crippen molar-refractivity contribution >= 4 is 7.82 Å². The first kappa shape index (κ1) is 18.6. The van der Waals surface area contributed by atoms with Crippen LogP contribution in [0.25, 0.3) is 0 Å². The van der Waals surface area contributed by atoms with Crippen molar-refractivity contribution in [2.45, 2.75) is 38.1 Å². The molecule has 0 aliphatic carbocycles. The zero-order valence-corrected chi connectivity index (χ0v) is 15.6. The van der Waals surface area contributed by atoms with Gasteiger partial charge in [-0.3, -0.25) is 13.6 Å². The molecule has 1 aromatic carbocycles. The van der Waals surface area contributed by atoms with Gasteiger partial charge in [0.1, 0.15) is 6.10 Å². The number of phosphoric acid groups is 1. The predicted molar refractivity (Wildman–Crippen MR) is 71.1 cm³/mol. The molecule has 0 saturated carbocycles. The first-order chi connectivity index (χ1) is 10.1. The Morgan fingerprint density at radius 1 is 1.18 bits per heavy atom. The van der Waals surface area contributed by atoms with Crippen LogP contribution in [0.2, 0.25) is 0 Å². The molecule has 9 heteroatoms. The van der Waals surface area contributed by atoms with Crippen LogP contribution in [0.1, 0.15) is 17.5 Å². The number of hydrogen-bond acceptors (Lipinski definition) is 7. The maximum Gasteiger partial charge on any atom is 0.475 e. The van der Waals surface area contributed by atoms with E-state index >= 15 is 0 Å². The van der Waals surface area contributed by atoms with Gasteiger partial charge in [0.2, 0.25) is 0 Å². The normalized spacial score (nSPS) is 30.2. The summed E-state index contributed by atoms with van der Waals surface area (Å²) in [6.45, 7) is 0.0835. The van der Waals surface area contributed by atoms with Crippen LogP contribution < -0.4 is 0 Å². The summed E-state index contributed by atoms with van der Waals surface area (Å²) in [5, 5.41) is 18.9. The minimum atomic E-state index is -3.71. The molecule has 1 saturated heterocycles. The van der Waals surface area contributed by atoms with Gasteiger partial charge in [-0.15, -0.1) is 0 Å². The van der Waals surface area contributed by atoms with Crippen molar-refractivity contribution in [1.29, 1.82) is 0 Å². The largest absolute Gasteiger partial charge is 0.475 e. The predicted octanol–water partition coefficient (Wildman–Crippen LogP) is 1.32. The van der Waals surface area contributed by atoms with Gasteiger partial charge in [-0.2, -0.15) is 0 Å². The van der Waals surface area contributed by atoms with E-state index in [-0.39, 0.29) is 59.0 Å². The smallest absolute Gasteiger partial charge is 0.390 e. The van der Waals surface area contributed by atoms with Gasteiger partial charge in [0, 0.05) is 39.1 Å². The molecular formula is C13H17O7PY. The topological polar surface area (TPSA) is 94.5 Å². The van der Waals surface area contributed by atoms with Crippen molar-refractivity contribution in [3.8, 4) is 0 Å². The van der Waals surface area contributed by atoms with E-state index < -0.39 is 26.3 Å². The Morgan fingerprint density at radius 2 is 1.77 bits per heavy atom. The molecule has 2 heterocycles. The summed E-state index contributed by atoms with van der Waals surface area (Å²) in [6, 6.07) is 7.47. The number of hydrogen-bond donors (Lipinski definition) is 2. The van der Waals surface area contributed by atoms with Gasteiger partial charge in [0.15, 0.2) is 6.29 Å². The number of benzene rings is 1. The molecule has 7 nitrogen and oxygen atoms in total. The van der Waals surface area contributed by atoms with Gasteiger partial charge < -0.3 is 14.9 Å². The molecule has 1 radical (unpaired) electrons. The van der Waals surface area contributed by atoms with Crippen molar-refractivity contribution < 1.29 is 65.8 Å². The van der Waals surface area contributed by atoms with E-state index in [0.29, 0.717) is 0 Å². The monoisotopic (exact) mass is 405 g/mol. The molecule has 0 aromatic heterocycles. The minimum Gasteiger partial charge on any atom is -0.390 e. The Kier molecular flexibility index (Phi) is 6.72. The van der Waals surface area contributed by atoms with Gasteiger partial charge in [-0.05, 0) is 11.1 Å². The Balaban J connectivity index is 0.00000176. The summed E-state index contributed by atoms with van der Waals surface area (Å²) < 4.78 is 33.2. The Hall–Kier alpha value is 0.314. The number of ether oxygens (including phenoxy) is 1. The third-order valence-electron chi connectivity index (χ3n) is 3.48. The fraction of sp³-hybridized carbons (Fsp3) is 0.538. The van der Waals surface area contributed by atoms with E-state index in [4.69, 9.17) is 18.3 Å². The molecule has 22 heavy (non-hydrogen) atoms. The quantitative estimate of drug-likeness (QED) is 0.733. The van der Waals surface area contributed by atoms with Gasteiger partial charge in [0.25, 0.3) is 0 Å². The van der Waals surface area contributed by atoms with Crippen LogP contribution in [0.3, 0.4) is 0 Å². The molecule has 3 unspecified atom stereocenters. The van der Waals surface area contributed by atoms with Crippen molar-refractivity contribution in [1.82, 2.24) is 0 Å². The van der Waals surface area contributed by atoms with Crippen LogP contribution in [-0.4, -0.2) is 35.3 Å². The first-order valence-corrected chi connectivity index (χ1v) is 8.14. The van der Waals surface area contributed by atoms with E-state index in [0.717, 1.165) is 11.1 Å². The molecule has 1 fully saturated rings. The zero-order chi connectivity index (χ0) is 14.9. The number of fused-ring (bicyclic) bond motifs is 1. The van der Waals surface area contributed by atoms with Crippen LogP contribution in [0, 0.1) is 0 Å². The molecule has 0 bridgehead atoms. The van der Waals surface area contributed by atoms with Crippen LogP contribution in [0.5, 0.6) is 0 Å². The zero-order valence-electron chi connectivity index (χ0n) is 11.8. The van der Waals surface area contributed by atoms with Gasteiger partial charge in [-0.25, -0.2) is 4.57 Å². The average molecular weight is 405 g/mol. The summed E-state index contributed by atoms with van der Waals surface area (Å²) in [5.74, 6) is 0. The molecule has 0 amide bonds. The maximum absolute atomic E-state index is 12.4. The van der Waals surface area contributed by atoms with Crippen molar-refractivity contribution in [3.05, 3.63) is 35.4 Å². The fourth-order valence-corrected chi connectivity index (χ4v) is 3.42. The number of phosphoric ester groups is 1. The van der Waals surface area contributed by atoms with Crippen LogP contribution in [-0.2, 0) is 68.8 Å². The fourth-order valence-electron chi connectivity index (χ4n) is 2.27. The molecular weight excluding hydrogens is 388 g/mol. The van der Waals surface area contributed by atoms with Crippen LogP contribution >= 0.6 is 7.82 Å². The summed E-state index contributed by atoms with van der Waals surface area (Å²) >= 11 is 0. The van der Waals surface area contributed by atoms with E-state index in [2.05, 4.69) is 0 Å². The van der Waals surface area contributed by atoms with Crippen LogP contribution in [0.15, 0.2) is 24.3 Å². The SMILES string of the molecule is O=P1(OCC2OC(O)CC2O)OCc2ccccc2CO1.[Y]. The second-order valence-electron chi connectivity index (χ2n) is 4.99. The molecule has 2 aliphatic rings. The molecule has 2 N–H and O–H groups in total. The minimum absolute atomic E-state index is 0. The number of aliphatic hydroxyl groups is 2. The van der Waals surface area contributed by atoms with Crippen molar-refractivity contribution in [2.75, 3.05) is 6.61 Å². The standard InChI is InChI=1S/C13H17O7P.Y/c14-11-5-13(15)20-12(11)8-19-21(16)17-6-9-3-1-2-4-10(9)7-18-21;/h1-4,11-15H,5-8H2;. The molecule has 0 spiro atoms. The number of rotatable bonds is 3. The second kappa shape index (κ2) is 7.92. The molecule has 2 aliphatic heterocycles. The average Bonchev–Trinajstić information content (AvgIpc) is 2.69. The first-order valence-electron chi connectivity index (χ1n) is 6.68. The van der Waals surface area contributed by atoms with E-state index in [9.17, 15) is 14.8 Å². The maximum atomic E-state index is 12.4. The molecule has 3 rings (SSSR count). The van der Waals surface area contributed by atoms with Gasteiger partial charge in [0.05, 0.1) is 25.9 Å². The van der Waals surface area contributed by atoms with Crippen LogP contribution in [0.4, 0.5) is 0 Å². The van der Waals surface area contributed by atoms with Crippen molar-refractivity contribution in [2.24, 2.45) is 0 Å². The molecule has 1 aromatic rings. The summed E-state index contributed by atoms with van der Waals surface area (Å²) in [4.78, 5) is 0. The summed E-state index contributed by atoms with van der Waals surface area (Å²) in [5.41, 5.74) is 1.79. The Morgan fingerprint density at radius 3 is 2.27 bits per heavy atom.